The molecule has 0 saturated carbocycles. The summed E-state index contributed by atoms with van der Waals surface area (Å²) >= 11 is 0. The normalized spacial score (nSPS) is 13.8. The van der Waals surface area contributed by atoms with Crippen LogP contribution >= 0.6 is 0 Å². The first-order valence-electron chi connectivity index (χ1n) is 25.4. The van der Waals surface area contributed by atoms with E-state index < -0.39 is 24.2 Å². The Kier molecular flexibility index (Phi) is 5.90. The van der Waals surface area contributed by atoms with E-state index >= 15 is 0 Å². The van der Waals surface area contributed by atoms with Crippen LogP contribution in [0, 0.1) is 0 Å². The van der Waals surface area contributed by atoms with Crippen LogP contribution in [0.5, 0.6) is 0 Å². The van der Waals surface area contributed by atoms with Crippen LogP contribution in [0.1, 0.15) is 11.0 Å². The minimum Gasteiger partial charge on any atom is -0.309 e. The zero-order chi connectivity index (χ0) is 48.8. The average molecular weight is 823 g/mol. The standard InChI is InChI=1S/C60H38N4/c1-8-25-52(64-58-31-14-7-24-49(58)51-38-42(33-35-60(51)64)63-55-28-11-4-21-46(55)47-22-5-12-29-56(47)63)43(18-1)39-16-15-17-40(36-39)61-57-30-13-6-23-48(57)50-37-41(32-34-59(50)61)62-53-26-9-2-19-44(53)45-20-3-10-27-54(45)62/h1-38H/i4D,5D,11D,12D,21D,22D,28D,29D. The molecule has 0 atom stereocenters. The summed E-state index contributed by atoms with van der Waals surface area (Å²) in [5, 5.41) is 6.65. The second-order valence-corrected chi connectivity index (χ2v) is 16.3. The molecule has 10 aromatic carbocycles. The topological polar surface area (TPSA) is 19.7 Å². The van der Waals surface area contributed by atoms with Gasteiger partial charge in [-0.05, 0) is 96.5 Å². The molecule has 0 bridgehead atoms. The third kappa shape index (κ3) is 4.93. The summed E-state index contributed by atoms with van der Waals surface area (Å²) in [6, 6.07) is 60.3. The third-order valence-corrected chi connectivity index (χ3v) is 13.0. The zero-order valence-corrected chi connectivity index (χ0v) is 34.1. The molecule has 0 spiro atoms. The zero-order valence-electron chi connectivity index (χ0n) is 42.1. The summed E-state index contributed by atoms with van der Waals surface area (Å²) in [7, 11) is 0. The molecule has 14 aromatic rings. The number of benzene rings is 10. The molecule has 0 N–H and O–H groups in total. The number of para-hydroxylation sites is 7. The lowest BCUT2D eigenvalue weighted by Gasteiger charge is -2.16. The molecule has 4 aromatic heterocycles. The summed E-state index contributed by atoms with van der Waals surface area (Å²) in [6.07, 6.45) is 0. The molecular weight excluding hydrogens is 777 g/mol. The van der Waals surface area contributed by atoms with Crippen LogP contribution in [0.15, 0.2) is 230 Å². The maximum atomic E-state index is 9.10. The molecule has 0 fully saturated rings. The quantitative estimate of drug-likeness (QED) is 0.165. The average Bonchev–Trinajstić information content (AvgIpc) is 4.16. The predicted molar refractivity (Wildman–Crippen MR) is 269 cm³/mol. The van der Waals surface area contributed by atoms with Crippen molar-refractivity contribution >= 4 is 87.2 Å². The lowest BCUT2D eigenvalue weighted by atomic mass is 10.0. The van der Waals surface area contributed by atoms with E-state index in [1.807, 2.05) is 36.4 Å². The Bertz CT molecular complexity index is 4560. The SMILES string of the molecule is [2H]c1c([2H])c([2H])c2c(c1[2H])c1c([2H])c([2H])c([2H])c([2H])c1n2-c1ccc2c(c1)c1ccccc1n2-c1ccccc1-c1cccc(-n2c3ccccc3c3cc(-n4c5ccccc5c5ccccc54)ccc32)c1. The van der Waals surface area contributed by atoms with Gasteiger partial charge >= 0.3 is 0 Å². The summed E-state index contributed by atoms with van der Waals surface area (Å²) in [5.41, 5.74) is 12.1. The van der Waals surface area contributed by atoms with Crippen molar-refractivity contribution < 1.29 is 11.0 Å². The van der Waals surface area contributed by atoms with Gasteiger partial charge in [0.05, 0.1) is 60.8 Å². The Balaban J connectivity index is 0.947. The fraction of sp³-hybridized carbons (Fsp3) is 0. The number of fused-ring (bicyclic) bond motifs is 12. The Morgan fingerprint density at radius 2 is 0.672 bits per heavy atom. The molecule has 0 aliphatic rings. The Labute approximate surface area is 379 Å². The molecule has 0 amide bonds. The van der Waals surface area contributed by atoms with Crippen molar-refractivity contribution in [2.45, 2.75) is 0 Å². The highest BCUT2D eigenvalue weighted by molar-refractivity contribution is 6.14. The summed E-state index contributed by atoms with van der Waals surface area (Å²) in [4.78, 5) is 0. The molecule has 0 aliphatic heterocycles. The first-order chi connectivity index (χ1) is 35.1. The highest BCUT2D eigenvalue weighted by atomic mass is 15.0. The summed E-state index contributed by atoms with van der Waals surface area (Å²) < 4.78 is 78.9. The smallest absolute Gasteiger partial charge is 0.0645 e. The van der Waals surface area contributed by atoms with Gasteiger partial charge in [0.2, 0.25) is 0 Å². The van der Waals surface area contributed by atoms with Gasteiger partial charge in [-0.15, -0.1) is 0 Å². The molecule has 298 valence electrons. The van der Waals surface area contributed by atoms with E-state index in [9.17, 15) is 0 Å². The van der Waals surface area contributed by atoms with E-state index in [4.69, 9.17) is 11.0 Å². The second-order valence-electron chi connectivity index (χ2n) is 16.3. The van der Waals surface area contributed by atoms with Crippen molar-refractivity contribution in [3.05, 3.63) is 230 Å². The molecule has 0 saturated heterocycles. The van der Waals surface area contributed by atoms with Crippen LogP contribution < -0.4 is 0 Å². The Morgan fingerprint density at radius 3 is 1.23 bits per heavy atom. The van der Waals surface area contributed by atoms with E-state index in [1.54, 1.807) is 4.57 Å². The van der Waals surface area contributed by atoms with Crippen LogP contribution in [0.2, 0.25) is 0 Å². The summed E-state index contributed by atoms with van der Waals surface area (Å²) in [5.74, 6) is 0. The molecule has 4 nitrogen and oxygen atoms in total. The van der Waals surface area contributed by atoms with Crippen molar-refractivity contribution in [2.75, 3.05) is 0 Å². The molecule has 64 heavy (non-hydrogen) atoms. The maximum Gasteiger partial charge on any atom is 0.0645 e. The van der Waals surface area contributed by atoms with Gasteiger partial charge in [-0.25, -0.2) is 0 Å². The van der Waals surface area contributed by atoms with Crippen molar-refractivity contribution in [3.8, 4) is 33.9 Å². The van der Waals surface area contributed by atoms with E-state index in [0.29, 0.717) is 5.69 Å². The lowest BCUT2D eigenvalue weighted by Crippen LogP contribution is -1.99. The van der Waals surface area contributed by atoms with Crippen LogP contribution in [0.4, 0.5) is 0 Å². The van der Waals surface area contributed by atoms with Gasteiger partial charge < -0.3 is 18.3 Å². The van der Waals surface area contributed by atoms with E-state index in [1.165, 1.54) is 10.8 Å². The molecule has 4 heterocycles. The monoisotopic (exact) mass is 822 g/mol. The lowest BCUT2D eigenvalue weighted by molar-refractivity contribution is 1.16. The Hall–Kier alpha value is -8.60. The van der Waals surface area contributed by atoms with Crippen LogP contribution in [0.3, 0.4) is 0 Å². The number of hydrogen-bond donors (Lipinski definition) is 0. The van der Waals surface area contributed by atoms with E-state index in [0.717, 1.165) is 82.8 Å². The molecular formula is C60H38N4. The van der Waals surface area contributed by atoms with Crippen LogP contribution in [0.25, 0.3) is 121 Å². The molecule has 0 unspecified atom stereocenters. The van der Waals surface area contributed by atoms with Crippen molar-refractivity contribution in [2.24, 2.45) is 0 Å². The Morgan fingerprint density at radius 1 is 0.266 bits per heavy atom. The largest absolute Gasteiger partial charge is 0.309 e. The third-order valence-electron chi connectivity index (χ3n) is 13.0. The first-order valence-corrected chi connectivity index (χ1v) is 21.4. The maximum absolute atomic E-state index is 9.10. The van der Waals surface area contributed by atoms with Gasteiger partial charge in [-0.2, -0.15) is 0 Å². The predicted octanol–water partition coefficient (Wildman–Crippen LogP) is 15.7. The number of aromatic nitrogens is 4. The highest BCUT2D eigenvalue weighted by Gasteiger charge is 2.20. The van der Waals surface area contributed by atoms with Gasteiger partial charge in [0.15, 0.2) is 0 Å². The minimum absolute atomic E-state index is 0.0479. The van der Waals surface area contributed by atoms with E-state index in [-0.39, 0.29) is 46.0 Å². The second kappa shape index (κ2) is 13.4. The molecule has 0 radical (unpaired) electrons. The van der Waals surface area contributed by atoms with Crippen LogP contribution in [-0.2, 0) is 0 Å². The van der Waals surface area contributed by atoms with Gasteiger partial charge in [-0.3, -0.25) is 0 Å². The number of rotatable bonds is 5. The highest BCUT2D eigenvalue weighted by Crippen LogP contribution is 2.41. The molecule has 14 rings (SSSR count). The first kappa shape index (κ1) is 28.1. The number of nitrogens with zero attached hydrogens (tertiary/aromatic N) is 4. The fourth-order valence-electron chi connectivity index (χ4n) is 10.3. The van der Waals surface area contributed by atoms with Crippen molar-refractivity contribution in [3.63, 3.8) is 0 Å². The minimum atomic E-state index is -0.471. The van der Waals surface area contributed by atoms with Crippen molar-refractivity contribution in [1.82, 2.24) is 18.3 Å². The summed E-state index contributed by atoms with van der Waals surface area (Å²) in [6.45, 7) is 0. The fourth-order valence-corrected chi connectivity index (χ4v) is 10.3. The van der Waals surface area contributed by atoms with Gasteiger partial charge in [0.25, 0.3) is 0 Å². The van der Waals surface area contributed by atoms with Gasteiger partial charge in [0.1, 0.15) is 0 Å². The molecule has 4 heteroatoms. The van der Waals surface area contributed by atoms with Gasteiger partial charge in [0, 0.05) is 65.7 Å². The van der Waals surface area contributed by atoms with Crippen LogP contribution in [-0.4, -0.2) is 18.3 Å². The number of hydrogen-bond acceptors (Lipinski definition) is 0. The van der Waals surface area contributed by atoms with E-state index in [2.05, 4.69) is 159 Å². The van der Waals surface area contributed by atoms with Crippen molar-refractivity contribution in [1.29, 1.82) is 0 Å². The molecule has 0 aliphatic carbocycles. The van der Waals surface area contributed by atoms with Gasteiger partial charge in [-0.1, -0.05) is 139 Å².